The van der Waals surface area contributed by atoms with Crippen LogP contribution < -0.4 is 4.74 Å². The summed E-state index contributed by atoms with van der Waals surface area (Å²) < 4.78 is 17.6. The smallest absolute Gasteiger partial charge is 0.410 e. The maximum Gasteiger partial charge on any atom is 0.410 e. The zero-order valence-electron chi connectivity index (χ0n) is 37.1. The number of carbonyl (C=O) groups excluding carboxylic acids is 2. The zero-order valence-corrected chi connectivity index (χ0v) is 37.1. The van der Waals surface area contributed by atoms with Gasteiger partial charge in [0.1, 0.15) is 35.2 Å². The summed E-state index contributed by atoms with van der Waals surface area (Å²) in [6.45, 7) is 13.2. The van der Waals surface area contributed by atoms with Crippen molar-refractivity contribution in [3.63, 3.8) is 0 Å². The van der Waals surface area contributed by atoms with Crippen molar-refractivity contribution in [2.24, 2.45) is 0 Å². The first kappa shape index (κ1) is 42.0. The number of rotatable bonds is 10. The third-order valence-electron chi connectivity index (χ3n) is 12.3. The minimum Gasteiger partial charge on any atom is -0.489 e. The predicted molar refractivity (Wildman–Crippen MR) is 243 cm³/mol. The average molecular weight is 847 g/mol. The lowest BCUT2D eigenvalue weighted by Gasteiger charge is -2.27. The van der Waals surface area contributed by atoms with Gasteiger partial charge in [-0.3, -0.25) is 9.80 Å². The highest BCUT2D eigenvalue weighted by Crippen LogP contribution is 2.66. The lowest BCUT2D eigenvalue weighted by atomic mass is 10.0. The molecule has 1 saturated carbocycles. The number of aromatic amines is 2. The van der Waals surface area contributed by atoms with E-state index in [1.165, 1.54) is 16.7 Å². The molecule has 4 aromatic carbocycles. The lowest BCUT2D eigenvalue weighted by molar-refractivity contribution is 0.0208. The summed E-state index contributed by atoms with van der Waals surface area (Å²) in [7, 11) is 0. The number of benzene rings is 4. The molecular formula is C52H58N6O5. The number of aromatic nitrogens is 4. The molecule has 326 valence electrons. The summed E-state index contributed by atoms with van der Waals surface area (Å²) in [5.41, 5.74) is 7.78. The normalized spacial score (nSPS) is 21.1. The summed E-state index contributed by atoms with van der Waals surface area (Å²) in [5, 5.41) is 0. The monoisotopic (exact) mass is 846 g/mol. The molecule has 1 aliphatic carbocycles. The SMILES string of the molecule is CC(C)(C)OC(=O)N1CCCC1c1ncc(-c2ccc(C3C(c4ccc(OCc5ccccc5)cc4)C3c3ccc(-c4cnc(C5CCCN5C(=O)OC(C)(C)C)[nH]4)cc3)cc2)[nH]1. The summed E-state index contributed by atoms with van der Waals surface area (Å²) in [6, 6.07) is 36.2. The van der Waals surface area contributed by atoms with Gasteiger partial charge >= 0.3 is 12.2 Å². The van der Waals surface area contributed by atoms with Crippen molar-refractivity contribution >= 4 is 12.2 Å². The molecule has 11 heteroatoms. The fourth-order valence-electron chi connectivity index (χ4n) is 9.34. The Morgan fingerprint density at radius 1 is 0.587 bits per heavy atom. The van der Waals surface area contributed by atoms with Gasteiger partial charge in [0.15, 0.2) is 0 Å². The van der Waals surface area contributed by atoms with Crippen LogP contribution in [0.15, 0.2) is 116 Å². The van der Waals surface area contributed by atoms with Crippen LogP contribution in [-0.4, -0.2) is 66.2 Å². The number of H-pyrrole nitrogens is 2. The topological polar surface area (TPSA) is 126 Å². The second kappa shape index (κ2) is 17.1. The molecule has 11 nitrogen and oxygen atoms in total. The molecular weight excluding hydrogens is 789 g/mol. The van der Waals surface area contributed by atoms with Crippen LogP contribution in [0, 0.1) is 0 Å². The molecule has 9 rings (SSSR count). The van der Waals surface area contributed by atoms with Crippen LogP contribution in [0.1, 0.15) is 131 Å². The standard InChI is InChI=1S/C52H58N6O5/c1-51(2,3)62-49(59)57-28-10-14-42(57)47-53-30-40(55-47)34-16-20-36(21-17-34)44-45(46(44)38-24-26-39(27-25-38)61-32-33-12-8-7-9-13-33)37-22-18-35(19-23-37)41-31-54-48(56-41)43-15-11-29-58(43)50(60)63-52(4,5)6/h7-9,12-13,16-27,30-31,42-46H,10-11,14-15,28-29,32H2,1-6H3,(H,53,55)(H,54,56). The highest BCUT2D eigenvalue weighted by Gasteiger charge is 2.52. The van der Waals surface area contributed by atoms with Crippen LogP contribution in [0.2, 0.25) is 0 Å². The van der Waals surface area contributed by atoms with E-state index < -0.39 is 11.2 Å². The average Bonchev–Trinajstić information content (AvgIpc) is 3.89. The highest BCUT2D eigenvalue weighted by atomic mass is 16.6. The van der Waals surface area contributed by atoms with E-state index in [1.54, 1.807) is 9.80 Å². The van der Waals surface area contributed by atoms with Gasteiger partial charge in [0.25, 0.3) is 0 Å². The van der Waals surface area contributed by atoms with Crippen molar-refractivity contribution in [1.29, 1.82) is 0 Å². The Hall–Kier alpha value is -6.36. The summed E-state index contributed by atoms with van der Waals surface area (Å²) in [5.74, 6) is 3.25. The third-order valence-corrected chi connectivity index (χ3v) is 12.3. The van der Waals surface area contributed by atoms with Crippen molar-refractivity contribution in [2.75, 3.05) is 13.1 Å². The summed E-state index contributed by atoms with van der Waals surface area (Å²) >= 11 is 0. The van der Waals surface area contributed by atoms with E-state index in [1.807, 2.05) is 72.1 Å². The molecule has 2 aliphatic heterocycles. The zero-order chi connectivity index (χ0) is 43.9. The second-order valence-electron chi connectivity index (χ2n) is 19.2. The molecule has 2 saturated heterocycles. The van der Waals surface area contributed by atoms with Gasteiger partial charge in [-0.15, -0.1) is 0 Å². The van der Waals surface area contributed by atoms with Crippen LogP contribution >= 0.6 is 0 Å². The molecule has 0 radical (unpaired) electrons. The maximum absolute atomic E-state index is 13.0. The molecule has 6 aromatic rings. The Morgan fingerprint density at radius 3 is 1.41 bits per heavy atom. The number of imidazole rings is 2. The van der Waals surface area contributed by atoms with Crippen LogP contribution in [-0.2, 0) is 16.1 Å². The van der Waals surface area contributed by atoms with E-state index in [0.717, 1.165) is 71.2 Å². The van der Waals surface area contributed by atoms with E-state index in [9.17, 15) is 9.59 Å². The predicted octanol–water partition coefficient (Wildman–Crippen LogP) is 11.9. The molecule has 2 aromatic heterocycles. The fourth-order valence-corrected chi connectivity index (χ4v) is 9.34. The van der Waals surface area contributed by atoms with Gasteiger partial charge in [-0.1, -0.05) is 91.0 Å². The Bertz CT molecular complexity index is 2380. The van der Waals surface area contributed by atoms with Crippen molar-refractivity contribution in [3.8, 4) is 28.3 Å². The largest absolute Gasteiger partial charge is 0.489 e. The van der Waals surface area contributed by atoms with Gasteiger partial charge < -0.3 is 24.2 Å². The van der Waals surface area contributed by atoms with Crippen molar-refractivity contribution in [3.05, 3.63) is 149 Å². The number of ether oxygens (including phenoxy) is 3. The molecule has 4 heterocycles. The highest BCUT2D eigenvalue weighted by molar-refractivity contribution is 5.70. The minimum absolute atomic E-state index is 0.139. The van der Waals surface area contributed by atoms with Crippen molar-refractivity contribution in [2.45, 2.75) is 115 Å². The van der Waals surface area contributed by atoms with E-state index in [2.05, 4.69) is 94.9 Å². The number of hydrogen-bond acceptors (Lipinski definition) is 7. The lowest BCUT2D eigenvalue weighted by Crippen LogP contribution is -2.36. The maximum atomic E-state index is 13.0. The molecule has 63 heavy (non-hydrogen) atoms. The van der Waals surface area contributed by atoms with Gasteiger partial charge in [-0.2, -0.15) is 0 Å². The molecule has 0 bridgehead atoms. The number of hydrogen-bond donors (Lipinski definition) is 2. The van der Waals surface area contributed by atoms with Crippen LogP contribution in [0.5, 0.6) is 5.75 Å². The third kappa shape index (κ3) is 9.38. The Balaban J connectivity index is 0.934. The Kier molecular flexibility index (Phi) is 11.4. The summed E-state index contributed by atoms with van der Waals surface area (Å²) in [6.07, 6.45) is 6.64. The molecule has 3 fully saturated rings. The van der Waals surface area contributed by atoms with Crippen LogP contribution in [0.25, 0.3) is 22.5 Å². The van der Waals surface area contributed by atoms with Gasteiger partial charge in [-0.05, 0) is 130 Å². The van der Waals surface area contributed by atoms with E-state index in [-0.39, 0.29) is 42.0 Å². The first-order chi connectivity index (χ1) is 30.3. The van der Waals surface area contributed by atoms with Crippen LogP contribution in [0.4, 0.5) is 9.59 Å². The molecule has 2 amide bonds. The molecule has 4 unspecified atom stereocenters. The van der Waals surface area contributed by atoms with Crippen LogP contribution in [0.3, 0.4) is 0 Å². The number of nitrogens with zero attached hydrogens (tertiary/aromatic N) is 4. The summed E-state index contributed by atoms with van der Waals surface area (Å²) in [4.78, 5) is 46.2. The quantitative estimate of drug-likeness (QED) is 0.141. The first-order valence-corrected chi connectivity index (χ1v) is 22.3. The molecule has 0 spiro atoms. The first-order valence-electron chi connectivity index (χ1n) is 22.3. The number of likely N-dealkylation sites (tertiary alicyclic amines) is 2. The van der Waals surface area contributed by atoms with E-state index in [4.69, 9.17) is 24.2 Å². The Morgan fingerprint density at radius 2 is 1.00 bits per heavy atom. The van der Waals surface area contributed by atoms with E-state index >= 15 is 0 Å². The van der Waals surface area contributed by atoms with Gasteiger partial charge in [0.05, 0.1) is 35.9 Å². The minimum atomic E-state index is -0.557. The van der Waals surface area contributed by atoms with Crippen molar-refractivity contribution < 1.29 is 23.8 Å². The number of carbonyl (C=O) groups is 2. The number of amides is 2. The van der Waals surface area contributed by atoms with Gasteiger partial charge in [-0.25, -0.2) is 19.6 Å². The molecule has 4 atom stereocenters. The second-order valence-corrected chi connectivity index (χ2v) is 19.2. The fraction of sp³-hybridized carbons (Fsp3) is 0.385. The van der Waals surface area contributed by atoms with Gasteiger partial charge in [0.2, 0.25) is 0 Å². The van der Waals surface area contributed by atoms with Crippen molar-refractivity contribution in [1.82, 2.24) is 29.7 Å². The molecule has 2 N–H and O–H groups in total. The Labute approximate surface area is 370 Å². The van der Waals surface area contributed by atoms with Gasteiger partial charge in [0, 0.05) is 13.1 Å². The van der Waals surface area contributed by atoms with E-state index in [0.29, 0.717) is 19.7 Å². The molecule has 3 aliphatic rings. The number of nitrogens with one attached hydrogen (secondary N) is 2.